The molecule has 2 aromatic rings. The van der Waals surface area contributed by atoms with Crippen LogP contribution in [0.1, 0.15) is 34.0 Å². The van der Waals surface area contributed by atoms with Crippen molar-refractivity contribution in [2.24, 2.45) is 0 Å². The maximum absolute atomic E-state index is 12.5. The van der Waals surface area contributed by atoms with Crippen LogP contribution in [0.4, 0.5) is 0 Å². The van der Waals surface area contributed by atoms with Crippen molar-refractivity contribution in [3.8, 4) is 0 Å². The molecule has 1 nitrogen and oxygen atoms in total. The minimum Gasteiger partial charge on any atom is -1.00 e. The van der Waals surface area contributed by atoms with E-state index in [0.29, 0.717) is 0 Å². The summed E-state index contributed by atoms with van der Waals surface area (Å²) in [4.78, 5) is 12.5. The molecule has 0 heterocycles. The molecule has 0 aromatic heterocycles. The minimum atomic E-state index is 0. The smallest absolute Gasteiger partial charge is 1.00 e. The van der Waals surface area contributed by atoms with Crippen molar-refractivity contribution in [2.45, 2.75) is 27.7 Å². The molecule has 0 radical (unpaired) electrons. The first-order valence-corrected chi connectivity index (χ1v) is 7.44. The van der Waals surface area contributed by atoms with Crippen molar-refractivity contribution in [3.63, 3.8) is 0 Å². The van der Waals surface area contributed by atoms with Crippen molar-refractivity contribution in [1.82, 2.24) is 0 Å². The third-order valence-corrected chi connectivity index (χ3v) is 4.71. The fourth-order valence-electron chi connectivity index (χ4n) is 2.35. The molecule has 20 heavy (non-hydrogen) atoms. The average Bonchev–Trinajstić information content (AvgIpc) is 2.37. The van der Waals surface area contributed by atoms with Crippen LogP contribution in [0.15, 0.2) is 36.4 Å². The van der Waals surface area contributed by atoms with Crippen LogP contribution >= 0.6 is 8.58 Å². The largest absolute Gasteiger partial charge is 1.00 e. The third kappa shape index (κ3) is 3.61. The molecule has 0 saturated carbocycles. The van der Waals surface area contributed by atoms with Crippen LogP contribution < -0.4 is 24.2 Å². The third-order valence-electron chi connectivity index (χ3n) is 3.62. The second-order valence-corrected chi connectivity index (χ2v) is 6.24. The van der Waals surface area contributed by atoms with Gasteiger partial charge >= 0.3 is 18.9 Å². The fraction of sp³-hybridized carbons (Fsp3) is 0.235. The zero-order valence-corrected chi connectivity index (χ0v) is 13.9. The predicted molar refractivity (Wildman–Crippen MR) is 85.2 cm³/mol. The van der Waals surface area contributed by atoms with Gasteiger partial charge in [-0.3, -0.25) is 4.79 Å². The van der Waals surface area contributed by atoms with Gasteiger partial charge in [-0.1, -0.05) is 36.4 Å². The van der Waals surface area contributed by atoms with Gasteiger partial charge in [-0.05, 0) is 63.8 Å². The second-order valence-electron chi connectivity index (χ2n) is 4.96. The van der Waals surface area contributed by atoms with Gasteiger partial charge in [-0.15, -0.1) is 0 Å². The minimum absolute atomic E-state index is 0. The first-order valence-electron chi connectivity index (χ1n) is 6.44. The molecule has 1 unspecified atom stereocenters. The van der Waals surface area contributed by atoms with E-state index in [-0.39, 0.29) is 34.4 Å². The predicted octanol–water partition coefficient (Wildman–Crippen LogP) is 1.18. The number of carbonyl (C=O) groups is 1. The molecule has 3 heteroatoms. The van der Waals surface area contributed by atoms with E-state index in [0.717, 1.165) is 22.0 Å². The number of rotatable bonds is 3. The molecule has 0 amide bonds. The molecule has 0 spiro atoms. The molecule has 2 rings (SSSR count). The molecule has 0 aliphatic rings. The van der Waals surface area contributed by atoms with Crippen molar-refractivity contribution in [2.75, 3.05) is 0 Å². The molecular weight excluding hydrogens is 258 g/mol. The van der Waals surface area contributed by atoms with Crippen LogP contribution in [0.25, 0.3) is 0 Å². The van der Waals surface area contributed by atoms with Gasteiger partial charge in [0.05, 0.1) is 0 Å². The number of hydrogen-bond donors (Lipinski definition) is 0. The summed E-state index contributed by atoms with van der Waals surface area (Å²) < 4.78 is 0. The average molecular weight is 278 g/mol. The number of benzene rings is 2. The zero-order chi connectivity index (χ0) is 14.0. The Morgan fingerprint density at radius 1 is 0.950 bits per heavy atom. The van der Waals surface area contributed by atoms with Crippen LogP contribution in [0.2, 0.25) is 0 Å². The Morgan fingerprint density at radius 2 is 1.55 bits per heavy atom. The molecule has 0 fully saturated rings. The van der Waals surface area contributed by atoms with E-state index in [1.54, 1.807) is 0 Å². The van der Waals surface area contributed by atoms with E-state index >= 15 is 0 Å². The second kappa shape index (κ2) is 7.23. The van der Waals surface area contributed by atoms with Gasteiger partial charge in [0.25, 0.3) is 0 Å². The van der Waals surface area contributed by atoms with E-state index in [9.17, 15) is 4.79 Å². The van der Waals surface area contributed by atoms with E-state index in [4.69, 9.17) is 0 Å². The molecule has 0 aliphatic carbocycles. The van der Waals surface area contributed by atoms with Gasteiger partial charge in [0.15, 0.2) is 5.52 Å². The standard InChI is InChI=1S/C17H19OP.Li.H/c1-11-10-12(2)16(14(4)13(11)3)17(18)19-15-8-6-5-7-9-15;;/h5-10,19H,1-4H3;;/q;+1;-1. The Morgan fingerprint density at radius 3 is 2.15 bits per heavy atom. The Balaban J connectivity index is 0.00000200. The molecule has 0 saturated heterocycles. The molecule has 100 valence electrons. The molecule has 0 aliphatic heterocycles. The van der Waals surface area contributed by atoms with E-state index in [1.807, 2.05) is 37.3 Å². The summed E-state index contributed by atoms with van der Waals surface area (Å²) in [5.74, 6) is 0. The maximum Gasteiger partial charge on any atom is 1.00 e. The molecule has 2 aromatic carbocycles. The van der Waals surface area contributed by atoms with E-state index in [2.05, 4.69) is 26.8 Å². The molecule has 0 bridgehead atoms. The number of aryl methyl sites for hydroxylation is 2. The first kappa shape index (κ1) is 17.2. The first-order chi connectivity index (χ1) is 9.00. The van der Waals surface area contributed by atoms with Crippen LogP contribution in [0.3, 0.4) is 0 Å². The monoisotopic (exact) mass is 278 g/mol. The summed E-state index contributed by atoms with van der Waals surface area (Å²) in [7, 11) is 0.203. The van der Waals surface area contributed by atoms with Crippen LogP contribution in [-0.4, -0.2) is 5.52 Å². The molecular formula is C17H20LiOP. The summed E-state index contributed by atoms with van der Waals surface area (Å²) in [6.07, 6.45) is 0. The van der Waals surface area contributed by atoms with Gasteiger partial charge < -0.3 is 1.43 Å². The van der Waals surface area contributed by atoms with Gasteiger partial charge in [0.2, 0.25) is 0 Å². The van der Waals surface area contributed by atoms with Crippen LogP contribution in [0, 0.1) is 27.7 Å². The summed E-state index contributed by atoms with van der Waals surface area (Å²) in [5, 5.41) is 1.10. The fourth-order valence-corrected chi connectivity index (χ4v) is 3.48. The van der Waals surface area contributed by atoms with Crippen molar-refractivity contribution in [3.05, 3.63) is 64.2 Å². The summed E-state index contributed by atoms with van der Waals surface area (Å²) in [6.45, 7) is 8.27. The van der Waals surface area contributed by atoms with Crippen molar-refractivity contribution in [1.29, 1.82) is 0 Å². The zero-order valence-electron chi connectivity index (χ0n) is 13.9. The maximum atomic E-state index is 12.5. The summed E-state index contributed by atoms with van der Waals surface area (Å²) >= 11 is 0. The van der Waals surface area contributed by atoms with Crippen LogP contribution in [0.5, 0.6) is 0 Å². The molecule has 1 atom stereocenters. The van der Waals surface area contributed by atoms with Gasteiger partial charge in [0, 0.05) is 5.56 Å². The van der Waals surface area contributed by atoms with Crippen molar-refractivity contribution < 1.29 is 25.1 Å². The quantitative estimate of drug-likeness (QED) is 0.609. The normalized spacial score (nSPS) is 10.6. The topological polar surface area (TPSA) is 17.1 Å². The van der Waals surface area contributed by atoms with E-state index < -0.39 is 0 Å². The number of hydrogen-bond acceptors (Lipinski definition) is 1. The SMILES string of the molecule is Cc1cc(C)c(C(=O)Pc2ccccc2)c(C)c1C.[H-].[Li+]. The summed E-state index contributed by atoms with van der Waals surface area (Å²) in [6, 6.07) is 12.1. The number of carbonyl (C=O) groups excluding carboxylic acids is 1. The Hall–Kier alpha value is -0.863. The van der Waals surface area contributed by atoms with Gasteiger partial charge in [-0.2, -0.15) is 0 Å². The summed E-state index contributed by atoms with van der Waals surface area (Å²) in [5.41, 5.74) is 5.86. The van der Waals surface area contributed by atoms with Crippen LogP contribution in [-0.2, 0) is 0 Å². The van der Waals surface area contributed by atoms with Gasteiger partial charge in [-0.25, -0.2) is 0 Å². The Bertz CT molecular complexity index is 626. The Labute approximate surface area is 136 Å². The van der Waals surface area contributed by atoms with Crippen molar-refractivity contribution >= 4 is 19.4 Å². The van der Waals surface area contributed by atoms with E-state index in [1.165, 1.54) is 11.1 Å². The molecule has 0 N–H and O–H groups in total. The Kier molecular flexibility index (Phi) is 6.22. The van der Waals surface area contributed by atoms with Gasteiger partial charge in [0.1, 0.15) is 0 Å².